The van der Waals surface area contributed by atoms with E-state index in [0.29, 0.717) is 31.6 Å². The fourth-order valence-electron chi connectivity index (χ4n) is 3.76. The number of fused-ring (bicyclic) bond motifs is 1. The highest BCUT2D eigenvalue weighted by atomic mass is 16.2. The molecule has 2 saturated heterocycles. The van der Waals surface area contributed by atoms with E-state index in [9.17, 15) is 19.2 Å². The molecule has 0 bridgehead atoms. The Hall–Kier alpha value is -2.97. The van der Waals surface area contributed by atoms with E-state index in [1.807, 2.05) is 0 Å². The first kappa shape index (κ1) is 16.5. The third kappa shape index (κ3) is 2.79. The zero-order chi connectivity index (χ0) is 18.3. The molecule has 3 heterocycles. The van der Waals surface area contributed by atoms with E-state index in [4.69, 9.17) is 0 Å². The lowest BCUT2D eigenvalue weighted by Gasteiger charge is -2.39. The minimum atomic E-state index is -0.552. The van der Waals surface area contributed by atoms with Gasteiger partial charge in [-0.15, -0.1) is 0 Å². The number of hydrogen-bond donors (Lipinski definition) is 2. The van der Waals surface area contributed by atoms with Crippen LogP contribution in [0.4, 0.5) is 9.59 Å². The van der Waals surface area contributed by atoms with Crippen molar-refractivity contribution in [3.8, 4) is 0 Å². The maximum absolute atomic E-state index is 12.7. The second kappa shape index (κ2) is 6.40. The minimum absolute atomic E-state index is 0.140. The van der Waals surface area contributed by atoms with Crippen molar-refractivity contribution in [3.63, 3.8) is 0 Å². The largest absolute Gasteiger partial charge is 0.350 e. The first-order valence-electron chi connectivity index (χ1n) is 8.68. The number of nitrogens with zero attached hydrogens (tertiary/aromatic N) is 3. The molecule has 0 radical (unpaired) electrons. The van der Waals surface area contributed by atoms with Crippen LogP contribution in [0.5, 0.6) is 0 Å². The fourth-order valence-corrected chi connectivity index (χ4v) is 3.76. The average Bonchev–Trinajstić information content (AvgIpc) is 3.08. The Labute approximate surface area is 149 Å². The molecule has 0 aromatic rings. The van der Waals surface area contributed by atoms with Gasteiger partial charge in [0, 0.05) is 25.7 Å². The number of carbonyl (C=O) groups is 4. The first-order valence-corrected chi connectivity index (χ1v) is 8.68. The molecule has 1 aliphatic carbocycles. The van der Waals surface area contributed by atoms with Gasteiger partial charge in [0.05, 0.1) is 11.6 Å². The average molecular weight is 357 g/mol. The summed E-state index contributed by atoms with van der Waals surface area (Å²) in [6.07, 6.45) is 7.98. The van der Waals surface area contributed by atoms with Crippen LogP contribution in [0.1, 0.15) is 12.8 Å². The van der Waals surface area contributed by atoms with Gasteiger partial charge in [-0.2, -0.15) is 4.99 Å². The summed E-state index contributed by atoms with van der Waals surface area (Å²) < 4.78 is 0. The SMILES string of the molecule is O=C1NCC(C(=O)N2CCC(N3C(=O)N=C4C=CC=CC4C3=O)CC2)N1. The Kier molecular flexibility index (Phi) is 4.06. The van der Waals surface area contributed by atoms with Crippen LogP contribution in [0.3, 0.4) is 0 Å². The highest BCUT2D eigenvalue weighted by Gasteiger charge is 2.41. The number of nitrogens with one attached hydrogen (secondary N) is 2. The number of rotatable bonds is 2. The molecule has 2 N–H and O–H groups in total. The number of urea groups is 2. The lowest BCUT2D eigenvalue weighted by atomic mass is 9.93. The Morgan fingerprint density at radius 1 is 1.15 bits per heavy atom. The minimum Gasteiger partial charge on any atom is -0.341 e. The number of carbonyl (C=O) groups excluding carboxylic acids is 4. The van der Waals surface area contributed by atoms with Crippen molar-refractivity contribution in [3.05, 3.63) is 24.3 Å². The van der Waals surface area contributed by atoms with Gasteiger partial charge in [0.15, 0.2) is 0 Å². The molecule has 26 heavy (non-hydrogen) atoms. The second-order valence-corrected chi connectivity index (χ2v) is 6.71. The molecule has 4 rings (SSSR count). The molecule has 3 aliphatic heterocycles. The zero-order valence-corrected chi connectivity index (χ0v) is 14.1. The summed E-state index contributed by atoms with van der Waals surface area (Å²) in [5.74, 6) is -0.895. The molecule has 4 aliphatic rings. The Morgan fingerprint density at radius 3 is 2.62 bits per heavy atom. The van der Waals surface area contributed by atoms with Crippen LogP contribution >= 0.6 is 0 Å². The van der Waals surface area contributed by atoms with Crippen LogP contribution < -0.4 is 10.6 Å². The summed E-state index contributed by atoms with van der Waals surface area (Å²) in [4.78, 5) is 55.7. The van der Waals surface area contributed by atoms with Crippen molar-refractivity contribution in [1.82, 2.24) is 20.4 Å². The van der Waals surface area contributed by atoms with E-state index < -0.39 is 18.0 Å². The van der Waals surface area contributed by atoms with Crippen LogP contribution in [0.2, 0.25) is 0 Å². The van der Waals surface area contributed by atoms with E-state index >= 15 is 0 Å². The summed E-state index contributed by atoms with van der Waals surface area (Å²) in [7, 11) is 0. The van der Waals surface area contributed by atoms with Gasteiger partial charge in [0.1, 0.15) is 6.04 Å². The lowest BCUT2D eigenvalue weighted by Crippen LogP contribution is -2.56. The van der Waals surface area contributed by atoms with Crippen LogP contribution in [-0.4, -0.2) is 71.1 Å². The number of aliphatic imine (C=N–C) groups is 1. The summed E-state index contributed by atoms with van der Waals surface area (Å²) in [6, 6.07) is -1.69. The van der Waals surface area contributed by atoms with Crippen LogP contribution in [-0.2, 0) is 9.59 Å². The van der Waals surface area contributed by atoms with Crippen molar-refractivity contribution in [2.24, 2.45) is 10.9 Å². The van der Waals surface area contributed by atoms with Crippen LogP contribution in [0.15, 0.2) is 29.3 Å². The molecule has 9 nitrogen and oxygen atoms in total. The number of piperidine rings is 1. The molecule has 6 amide bonds. The van der Waals surface area contributed by atoms with Crippen molar-refractivity contribution in [2.45, 2.75) is 24.9 Å². The molecule has 2 fully saturated rings. The summed E-state index contributed by atoms with van der Waals surface area (Å²) in [6.45, 7) is 1.15. The van der Waals surface area contributed by atoms with Crippen LogP contribution in [0.25, 0.3) is 0 Å². The third-order valence-corrected chi connectivity index (χ3v) is 5.15. The highest BCUT2D eigenvalue weighted by Crippen LogP contribution is 2.26. The standard InChI is InChI=1S/C17H19N5O4/c23-14-11-3-1-2-4-12(11)20-17(26)22(14)10-5-7-21(8-6-10)15(24)13-9-18-16(25)19-13/h1-4,10-11,13H,5-9H2,(H2,18,19,25). The Bertz CT molecular complexity index is 763. The van der Waals surface area contributed by atoms with Gasteiger partial charge in [-0.1, -0.05) is 18.2 Å². The van der Waals surface area contributed by atoms with Crippen LogP contribution in [0, 0.1) is 5.92 Å². The smallest absolute Gasteiger partial charge is 0.341 e. The monoisotopic (exact) mass is 357 g/mol. The van der Waals surface area contributed by atoms with Gasteiger partial charge in [-0.3, -0.25) is 14.5 Å². The fraction of sp³-hybridized carbons (Fsp3) is 0.471. The van der Waals surface area contributed by atoms with Crippen molar-refractivity contribution in [2.75, 3.05) is 19.6 Å². The summed E-state index contributed by atoms with van der Waals surface area (Å²) in [5, 5.41) is 5.15. The van der Waals surface area contributed by atoms with E-state index in [1.165, 1.54) is 4.90 Å². The number of hydrogen-bond acceptors (Lipinski definition) is 4. The predicted molar refractivity (Wildman–Crippen MR) is 91.4 cm³/mol. The third-order valence-electron chi connectivity index (χ3n) is 5.15. The number of imide groups is 1. The molecule has 2 atom stereocenters. The molecular weight excluding hydrogens is 338 g/mol. The molecule has 0 spiro atoms. The van der Waals surface area contributed by atoms with Gasteiger partial charge >= 0.3 is 12.1 Å². The molecule has 2 unspecified atom stereocenters. The van der Waals surface area contributed by atoms with Gasteiger partial charge in [0.2, 0.25) is 11.8 Å². The number of allylic oxidation sites excluding steroid dienone is 3. The molecular formula is C17H19N5O4. The predicted octanol–water partition coefficient (Wildman–Crippen LogP) is -0.196. The lowest BCUT2D eigenvalue weighted by molar-refractivity contribution is -0.135. The van der Waals surface area contributed by atoms with Gasteiger partial charge < -0.3 is 15.5 Å². The van der Waals surface area contributed by atoms with E-state index in [0.717, 1.165) is 0 Å². The van der Waals surface area contributed by atoms with Crippen molar-refractivity contribution >= 4 is 29.6 Å². The highest BCUT2D eigenvalue weighted by molar-refractivity contribution is 6.21. The van der Waals surface area contributed by atoms with Crippen molar-refractivity contribution < 1.29 is 19.2 Å². The second-order valence-electron chi connectivity index (χ2n) is 6.71. The van der Waals surface area contributed by atoms with Crippen molar-refractivity contribution in [1.29, 1.82) is 0 Å². The first-order chi connectivity index (χ1) is 12.5. The van der Waals surface area contributed by atoms with Gasteiger partial charge in [-0.25, -0.2) is 9.59 Å². The van der Waals surface area contributed by atoms with Gasteiger partial charge in [0.25, 0.3) is 0 Å². The summed E-state index contributed by atoms with van der Waals surface area (Å²) in [5.41, 5.74) is 0.482. The Morgan fingerprint density at radius 2 is 1.92 bits per heavy atom. The number of amides is 6. The molecule has 0 aromatic heterocycles. The van der Waals surface area contributed by atoms with E-state index in [2.05, 4.69) is 15.6 Å². The maximum Gasteiger partial charge on any atom is 0.350 e. The topological polar surface area (TPSA) is 111 Å². The Balaban J connectivity index is 1.41. The number of likely N-dealkylation sites (tertiary alicyclic amines) is 1. The maximum atomic E-state index is 12.7. The normalized spacial score (nSPS) is 28.6. The van der Waals surface area contributed by atoms with E-state index in [1.54, 1.807) is 29.2 Å². The quantitative estimate of drug-likeness (QED) is 0.713. The van der Waals surface area contributed by atoms with E-state index in [-0.39, 0.29) is 30.4 Å². The summed E-state index contributed by atoms with van der Waals surface area (Å²) >= 11 is 0. The molecule has 0 saturated carbocycles. The van der Waals surface area contributed by atoms with Gasteiger partial charge in [-0.05, 0) is 18.9 Å². The molecule has 0 aromatic carbocycles. The zero-order valence-electron chi connectivity index (χ0n) is 14.1. The molecule has 136 valence electrons. The molecule has 9 heteroatoms.